The Morgan fingerprint density at radius 3 is 2.81 bits per heavy atom. The molecule has 1 atom stereocenters. The SMILES string of the molecule is CCOc1ccc(N2C[C@H](CNC(=S)NC)OC2=O)cc1. The third-order valence-corrected chi connectivity index (χ3v) is 3.40. The standard InChI is InChI=1S/C14H19N3O3S/c1-3-19-11-6-4-10(5-7-11)17-9-12(20-14(17)18)8-16-13(21)15-2/h4-7,12H,3,8-9H2,1-2H3,(H2,15,16,21)/t12-/m0/s1. The van der Waals surface area contributed by atoms with Crippen LogP contribution in [0.25, 0.3) is 0 Å². The molecule has 1 amide bonds. The first-order valence-corrected chi connectivity index (χ1v) is 7.21. The Morgan fingerprint density at radius 2 is 2.19 bits per heavy atom. The summed E-state index contributed by atoms with van der Waals surface area (Å²) < 4.78 is 10.7. The number of hydrogen-bond acceptors (Lipinski definition) is 4. The zero-order valence-corrected chi connectivity index (χ0v) is 12.9. The molecule has 1 fully saturated rings. The fourth-order valence-corrected chi connectivity index (χ4v) is 2.11. The molecule has 6 nitrogen and oxygen atoms in total. The number of amides is 1. The fourth-order valence-electron chi connectivity index (χ4n) is 2.02. The predicted octanol–water partition coefficient (Wildman–Crippen LogP) is 1.50. The maximum atomic E-state index is 11.9. The maximum Gasteiger partial charge on any atom is 0.414 e. The molecule has 0 saturated carbocycles. The van der Waals surface area contributed by atoms with Gasteiger partial charge in [-0.25, -0.2) is 4.79 Å². The number of nitrogens with one attached hydrogen (secondary N) is 2. The lowest BCUT2D eigenvalue weighted by atomic mass is 10.2. The van der Waals surface area contributed by atoms with Crippen molar-refractivity contribution in [2.24, 2.45) is 0 Å². The average Bonchev–Trinajstić information content (AvgIpc) is 2.87. The van der Waals surface area contributed by atoms with Crippen molar-refractivity contribution in [3.8, 4) is 5.75 Å². The van der Waals surface area contributed by atoms with Gasteiger partial charge in [-0.3, -0.25) is 4.90 Å². The number of cyclic esters (lactones) is 1. The Hall–Kier alpha value is -2.02. The molecule has 1 heterocycles. The van der Waals surface area contributed by atoms with Crippen LogP contribution < -0.4 is 20.3 Å². The van der Waals surface area contributed by atoms with Crippen molar-refractivity contribution in [2.45, 2.75) is 13.0 Å². The smallest absolute Gasteiger partial charge is 0.414 e. The molecule has 1 aromatic carbocycles. The second-order valence-electron chi connectivity index (χ2n) is 4.50. The van der Waals surface area contributed by atoms with Crippen molar-refractivity contribution in [1.29, 1.82) is 0 Å². The van der Waals surface area contributed by atoms with Gasteiger partial charge >= 0.3 is 6.09 Å². The highest BCUT2D eigenvalue weighted by molar-refractivity contribution is 7.80. The Labute approximate surface area is 129 Å². The van der Waals surface area contributed by atoms with Crippen LogP contribution in [0.5, 0.6) is 5.75 Å². The number of ether oxygens (including phenoxy) is 2. The van der Waals surface area contributed by atoms with E-state index in [9.17, 15) is 4.79 Å². The topological polar surface area (TPSA) is 62.8 Å². The van der Waals surface area contributed by atoms with E-state index in [1.165, 1.54) is 0 Å². The first kappa shape index (κ1) is 15.4. The second kappa shape index (κ2) is 7.12. The van der Waals surface area contributed by atoms with Gasteiger partial charge in [-0.1, -0.05) is 0 Å². The van der Waals surface area contributed by atoms with Crippen LogP contribution in [0.1, 0.15) is 6.92 Å². The summed E-state index contributed by atoms with van der Waals surface area (Å²) in [6.45, 7) is 3.52. The van der Waals surface area contributed by atoms with Gasteiger partial charge in [0.05, 0.1) is 19.7 Å². The number of carbonyl (C=O) groups is 1. The molecular formula is C14H19N3O3S. The molecule has 1 aliphatic heterocycles. The van der Waals surface area contributed by atoms with Crippen molar-refractivity contribution in [3.63, 3.8) is 0 Å². The van der Waals surface area contributed by atoms with E-state index in [1.807, 2.05) is 31.2 Å². The van der Waals surface area contributed by atoms with Gasteiger partial charge in [0, 0.05) is 12.7 Å². The van der Waals surface area contributed by atoms with Gasteiger partial charge in [0.25, 0.3) is 0 Å². The second-order valence-corrected chi connectivity index (χ2v) is 4.91. The summed E-state index contributed by atoms with van der Waals surface area (Å²) in [4.78, 5) is 13.5. The lowest BCUT2D eigenvalue weighted by Crippen LogP contribution is -2.39. The van der Waals surface area contributed by atoms with E-state index in [4.69, 9.17) is 21.7 Å². The third kappa shape index (κ3) is 3.98. The third-order valence-electron chi connectivity index (χ3n) is 3.05. The van der Waals surface area contributed by atoms with Crippen molar-refractivity contribution in [2.75, 3.05) is 31.6 Å². The van der Waals surface area contributed by atoms with Gasteiger partial charge in [0.1, 0.15) is 11.9 Å². The predicted molar refractivity (Wildman–Crippen MR) is 84.9 cm³/mol. The lowest BCUT2D eigenvalue weighted by Gasteiger charge is -2.14. The maximum absolute atomic E-state index is 11.9. The van der Waals surface area contributed by atoms with Crippen molar-refractivity contribution >= 4 is 29.1 Å². The van der Waals surface area contributed by atoms with Crippen LogP contribution in [-0.2, 0) is 4.74 Å². The van der Waals surface area contributed by atoms with Gasteiger partial charge in [-0.05, 0) is 43.4 Å². The number of carbonyl (C=O) groups excluding carboxylic acids is 1. The summed E-state index contributed by atoms with van der Waals surface area (Å²) in [5.74, 6) is 0.784. The summed E-state index contributed by atoms with van der Waals surface area (Å²) in [5, 5.41) is 6.34. The van der Waals surface area contributed by atoms with Gasteiger partial charge < -0.3 is 20.1 Å². The van der Waals surface area contributed by atoms with Crippen molar-refractivity contribution in [1.82, 2.24) is 10.6 Å². The van der Waals surface area contributed by atoms with Crippen LogP contribution in [0.2, 0.25) is 0 Å². The molecule has 0 spiro atoms. The van der Waals surface area contributed by atoms with E-state index in [0.717, 1.165) is 11.4 Å². The fraction of sp³-hybridized carbons (Fsp3) is 0.429. The van der Waals surface area contributed by atoms with Gasteiger partial charge in [-0.2, -0.15) is 0 Å². The van der Waals surface area contributed by atoms with E-state index >= 15 is 0 Å². The minimum Gasteiger partial charge on any atom is -0.494 e. The average molecular weight is 309 g/mol. The molecule has 2 rings (SSSR count). The molecule has 7 heteroatoms. The highest BCUT2D eigenvalue weighted by Crippen LogP contribution is 2.24. The molecule has 0 radical (unpaired) electrons. The first-order valence-electron chi connectivity index (χ1n) is 6.80. The lowest BCUT2D eigenvalue weighted by molar-refractivity contribution is 0.143. The Kier molecular flexibility index (Phi) is 5.21. The number of hydrogen-bond donors (Lipinski definition) is 2. The molecule has 21 heavy (non-hydrogen) atoms. The Morgan fingerprint density at radius 1 is 1.48 bits per heavy atom. The quantitative estimate of drug-likeness (QED) is 0.804. The molecule has 1 aliphatic rings. The molecular weight excluding hydrogens is 290 g/mol. The molecule has 0 aliphatic carbocycles. The van der Waals surface area contributed by atoms with Crippen LogP contribution in [-0.4, -0.2) is 44.1 Å². The number of anilines is 1. The van der Waals surface area contributed by atoms with E-state index in [-0.39, 0.29) is 12.2 Å². The Bertz CT molecular complexity index is 507. The van der Waals surface area contributed by atoms with Crippen molar-refractivity contribution < 1.29 is 14.3 Å². The van der Waals surface area contributed by atoms with Gasteiger partial charge in [0.15, 0.2) is 5.11 Å². The van der Waals surface area contributed by atoms with E-state index in [1.54, 1.807) is 11.9 Å². The molecule has 2 N–H and O–H groups in total. The van der Waals surface area contributed by atoms with Crippen LogP contribution in [0.15, 0.2) is 24.3 Å². The monoisotopic (exact) mass is 309 g/mol. The van der Waals surface area contributed by atoms with Crippen LogP contribution >= 0.6 is 12.2 Å². The van der Waals surface area contributed by atoms with Gasteiger partial charge in [0.2, 0.25) is 0 Å². The number of rotatable bonds is 5. The van der Waals surface area contributed by atoms with Crippen LogP contribution in [0.4, 0.5) is 10.5 Å². The van der Waals surface area contributed by atoms with E-state index in [0.29, 0.717) is 24.8 Å². The van der Waals surface area contributed by atoms with Crippen molar-refractivity contribution in [3.05, 3.63) is 24.3 Å². The largest absolute Gasteiger partial charge is 0.494 e. The molecule has 0 unspecified atom stereocenters. The number of benzene rings is 1. The number of nitrogens with zero attached hydrogens (tertiary/aromatic N) is 1. The number of thiocarbonyl (C=S) groups is 1. The summed E-state index contributed by atoms with van der Waals surface area (Å²) in [6, 6.07) is 7.38. The molecule has 1 aromatic rings. The van der Waals surface area contributed by atoms with Crippen LogP contribution in [0, 0.1) is 0 Å². The Balaban J connectivity index is 1.94. The molecule has 114 valence electrons. The highest BCUT2D eigenvalue weighted by Gasteiger charge is 2.32. The van der Waals surface area contributed by atoms with E-state index < -0.39 is 0 Å². The minimum atomic E-state index is -0.346. The first-order chi connectivity index (χ1) is 10.1. The molecule has 1 saturated heterocycles. The van der Waals surface area contributed by atoms with Crippen LogP contribution in [0.3, 0.4) is 0 Å². The molecule has 0 aromatic heterocycles. The summed E-state index contributed by atoms with van der Waals surface area (Å²) in [7, 11) is 1.74. The minimum absolute atomic E-state index is 0.227. The zero-order valence-electron chi connectivity index (χ0n) is 12.1. The zero-order chi connectivity index (χ0) is 15.2. The molecule has 0 bridgehead atoms. The summed E-state index contributed by atoms with van der Waals surface area (Å²) in [6.07, 6.45) is -0.572. The van der Waals surface area contributed by atoms with E-state index in [2.05, 4.69) is 10.6 Å². The normalized spacial score (nSPS) is 17.3. The summed E-state index contributed by atoms with van der Waals surface area (Å²) in [5.41, 5.74) is 0.794. The summed E-state index contributed by atoms with van der Waals surface area (Å²) >= 11 is 4.99. The highest BCUT2D eigenvalue weighted by atomic mass is 32.1. The van der Waals surface area contributed by atoms with Gasteiger partial charge in [-0.15, -0.1) is 0 Å².